The largest absolute Gasteiger partial charge is 0.466 e. The molecule has 0 aromatic heterocycles. The van der Waals surface area contributed by atoms with Gasteiger partial charge in [0.25, 0.3) is 0 Å². The first-order valence-electron chi connectivity index (χ1n) is 11.0. The van der Waals surface area contributed by atoms with Crippen LogP contribution in [0.15, 0.2) is 29.4 Å². The van der Waals surface area contributed by atoms with Crippen LogP contribution in [0.1, 0.15) is 12.5 Å². The smallest absolute Gasteiger partial charge is 0.462 e. The minimum absolute atomic E-state index is 0.125. The van der Waals surface area contributed by atoms with Gasteiger partial charge in [0.2, 0.25) is 6.29 Å². The van der Waals surface area contributed by atoms with Crippen molar-refractivity contribution < 1.29 is 67.2 Å². The van der Waals surface area contributed by atoms with Gasteiger partial charge in [0.1, 0.15) is 59.0 Å². The van der Waals surface area contributed by atoms with Crippen LogP contribution in [0.25, 0.3) is 0 Å². The molecule has 2 aliphatic rings. The summed E-state index contributed by atoms with van der Waals surface area (Å²) in [6.07, 6.45) is -12.6. The third kappa shape index (κ3) is 7.71. The van der Waals surface area contributed by atoms with E-state index in [0.717, 1.165) is 0 Å². The number of nitrogens with zero attached hydrogens (tertiary/aromatic N) is 1. The quantitative estimate of drug-likeness (QED) is 0.0675. The first kappa shape index (κ1) is 29.9. The molecule has 1 aromatic rings. The SMILES string of the molecule is CC1OC(Oc2ccc(CC(=NOS(=O)(=O)O)SC3OC(CO)C(O)C(O)C3O)cc2)C(O)C(O)C1O. The molecule has 3 rings (SSSR count). The first-order valence-corrected chi connectivity index (χ1v) is 13.2. The van der Waals surface area contributed by atoms with Gasteiger partial charge in [-0.15, -0.1) is 0 Å². The second kappa shape index (κ2) is 12.5. The second-order valence-electron chi connectivity index (χ2n) is 8.42. The average molecular weight is 572 g/mol. The Kier molecular flexibility index (Phi) is 10.1. The zero-order valence-electron chi connectivity index (χ0n) is 19.3. The van der Waals surface area contributed by atoms with E-state index in [4.69, 9.17) is 18.8 Å². The van der Waals surface area contributed by atoms with Crippen molar-refractivity contribution in [2.24, 2.45) is 5.16 Å². The van der Waals surface area contributed by atoms with E-state index in [9.17, 15) is 44.2 Å². The number of aliphatic hydroxyl groups excluding tert-OH is 7. The van der Waals surface area contributed by atoms with Crippen LogP contribution >= 0.6 is 11.8 Å². The Morgan fingerprint density at radius 2 is 1.57 bits per heavy atom. The lowest BCUT2D eigenvalue weighted by molar-refractivity contribution is -0.268. The molecule has 0 saturated carbocycles. The highest BCUT2D eigenvalue weighted by atomic mass is 32.3. The van der Waals surface area contributed by atoms with Gasteiger partial charge in [-0.3, -0.25) is 4.55 Å². The van der Waals surface area contributed by atoms with Crippen molar-refractivity contribution in [3.63, 3.8) is 0 Å². The van der Waals surface area contributed by atoms with Crippen molar-refractivity contribution in [3.8, 4) is 5.75 Å². The van der Waals surface area contributed by atoms with E-state index in [0.29, 0.717) is 17.3 Å². The minimum atomic E-state index is -4.97. The molecule has 10 atom stereocenters. The number of rotatable bonds is 8. The van der Waals surface area contributed by atoms with Gasteiger partial charge in [-0.25, -0.2) is 4.28 Å². The summed E-state index contributed by atoms with van der Waals surface area (Å²) in [5, 5.41) is 72.5. The minimum Gasteiger partial charge on any atom is -0.462 e. The maximum Gasteiger partial charge on any atom is 0.466 e. The number of benzene rings is 1. The summed E-state index contributed by atoms with van der Waals surface area (Å²) in [5.74, 6) is 0.220. The number of ether oxygens (including phenoxy) is 3. The molecule has 0 amide bonds. The van der Waals surface area contributed by atoms with Crippen molar-refractivity contribution in [2.75, 3.05) is 6.61 Å². The molecule has 10 unspecified atom stereocenters. The van der Waals surface area contributed by atoms with Crippen LogP contribution < -0.4 is 4.74 Å². The van der Waals surface area contributed by atoms with Crippen molar-refractivity contribution in [1.29, 1.82) is 0 Å². The van der Waals surface area contributed by atoms with Gasteiger partial charge < -0.3 is 50.0 Å². The fourth-order valence-corrected chi connectivity index (χ4v) is 4.92. The van der Waals surface area contributed by atoms with Crippen molar-refractivity contribution in [2.45, 2.75) is 73.9 Å². The molecule has 0 spiro atoms. The summed E-state index contributed by atoms with van der Waals surface area (Å²) in [7, 11) is -4.97. The van der Waals surface area contributed by atoms with Crippen LogP contribution in [-0.2, 0) is 30.6 Å². The highest BCUT2D eigenvalue weighted by Gasteiger charge is 2.45. The van der Waals surface area contributed by atoms with Crippen molar-refractivity contribution in [3.05, 3.63) is 29.8 Å². The second-order valence-corrected chi connectivity index (χ2v) is 10.6. The zero-order chi connectivity index (χ0) is 27.5. The van der Waals surface area contributed by atoms with Crippen LogP contribution in [-0.4, -0.2) is 121 Å². The molecule has 0 aliphatic carbocycles. The average Bonchev–Trinajstić information content (AvgIpc) is 2.85. The molecule has 17 heteroatoms. The van der Waals surface area contributed by atoms with Crippen LogP contribution in [0, 0.1) is 0 Å². The lowest BCUT2D eigenvalue weighted by Gasteiger charge is -2.39. The molecule has 8 N–H and O–H groups in total. The molecule has 2 aliphatic heterocycles. The summed E-state index contributed by atoms with van der Waals surface area (Å²) >= 11 is 0.627. The molecule has 0 radical (unpaired) electrons. The van der Waals surface area contributed by atoms with Gasteiger partial charge in [0.05, 0.1) is 12.7 Å². The van der Waals surface area contributed by atoms with E-state index < -0.39 is 77.6 Å². The lowest BCUT2D eigenvalue weighted by Crippen LogP contribution is -2.58. The monoisotopic (exact) mass is 571 g/mol. The fraction of sp³-hybridized carbons (Fsp3) is 0.650. The molecule has 2 heterocycles. The molecule has 37 heavy (non-hydrogen) atoms. The molecular weight excluding hydrogens is 542 g/mol. The number of hydrogen-bond donors (Lipinski definition) is 8. The molecular formula is C20H29NO14S2. The molecule has 2 saturated heterocycles. The fourth-order valence-electron chi connectivity index (χ4n) is 3.59. The maximum absolute atomic E-state index is 11.0. The molecule has 2 fully saturated rings. The van der Waals surface area contributed by atoms with E-state index in [-0.39, 0.29) is 17.2 Å². The van der Waals surface area contributed by atoms with Crippen LogP contribution in [0.5, 0.6) is 5.75 Å². The Bertz CT molecular complexity index is 1020. The van der Waals surface area contributed by atoms with Gasteiger partial charge >= 0.3 is 10.4 Å². The van der Waals surface area contributed by atoms with E-state index in [1.54, 1.807) is 0 Å². The van der Waals surface area contributed by atoms with Gasteiger partial charge in [0, 0.05) is 6.42 Å². The summed E-state index contributed by atoms with van der Waals surface area (Å²) in [6.45, 7) is 0.827. The van der Waals surface area contributed by atoms with Gasteiger partial charge in [0.15, 0.2) is 0 Å². The predicted octanol–water partition coefficient (Wildman–Crippen LogP) is -2.90. The van der Waals surface area contributed by atoms with Crippen LogP contribution in [0.3, 0.4) is 0 Å². The Balaban J connectivity index is 1.72. The lowest BCUT2D eigenvalue weighted by atomic mass is 10.00. The van der Waals surface area contributed by atoms with Gasteiger partial charge in [-0.2, -0.15) is 8.42 Å². The summed E-state index contributed by atoms with van der Waals surface area (Å²) in [5.41, 5.74) is -0.799. The third-order valence-electron chi connectivity index (χ3n) is 5.67. The highest BCUT2D eigenvalue weighted by molar-refractivity contribution is 8.14. The van der Waals surface area contributed by atoms with E-state index in [1.807, 2.05) is 0 Å². The molecule has 15 nitrogen and oxygen atoms in total. The normalized spacial score (nSPS) is 37.3. The number of oxime groups is 1. The van der Waals surface area contributed by atoms with Crippen molar-refractivity contribution in [1.82, 2.24) is 0 Å². The standard InChI is InChI=1S/C20H29NO14S2/c1-8-13(23)15(25)17(27)19(32-8)33-10-4-2-9(3-5-10)6-12(21-35-37(29,30)31)36-20-18(28)16(26)14(24)11(7-22)34-20/h2-5,8,11,13-20,22-28H,6-7H2,1H3,(H,29,30,31). The van der Waals surface area contributed by atoms with Crippen LogP contribution in [0.2, 0.25) is 0 Å². The predicted molar refractivity (Wildman–Crippen MR) is 125 cm³/mol. The summed E-state index contributed by atoms with van der Waals surface area (Å²) < 4.78 is 51.3. The topological polar surface area (TPSA) is 245 Å². The van der Waals surface area contributed by atoms with E-state index >= 15 is 0 Å². The Morgan fingerprint density at radius 1 is 0.946 bits per heavy atom. The molecule has 0 bridgehead atoms. The number of thioether (sulfide) groups is 1. The van der Waals surface area contributed by atoms with Gasteiger partial charge in [-0.1, -0.05) is 29.1 Å². The number of hydrogen-bond acceptors (Lipinski definition) is 15. The maximum atomic E-state index is 11.0. The number of aliphatic hydroxyl groups is 7. The van der Waals surface area contributed by atoms with Gasteiger partial charge in [-0.05, 0) is 24.6 Å². The molecule has 210 valence electrons. The zero-order valence-corrected chi connectivity index (χ0v) is 20.9. The Morgan fingerprint density at radius 3 is 2.16 bits per heavy atom. The Labute approximate surface area is 215 Å². The summed E-state index contributed by atoms with van der Waals surface area (Å²) in [4.78, 5) is 0. The van der Waals surface area contributed by atoms with Crippen molar-refractivity contribution >= 4 is 27.2 Å². The van der Waals surface area contributed by atoms with Crippen LogP contribution in [0.4, 0.5) is 0 Å². The first-order chi connectivity index (χ1) is 17.3. The van der Waals surface area contributed by atoms with E-state index in [2.05, 4.69) is 9.44 Å². The van der Waals surface area contributed by atoms with E-state index in [1.165, 1.54) is 31.2 Å². The highest BCUT2D eigenvalue weighted by Crippen LogP contribution is 2.31. The Hall–Kier alpha value is -1.61. The molecule has 1 aromatic carbocycles. The third-order valence-corrected chi connectivity index (χ3v) is 7.05. The summed E-state index contributed by atoms with van der Waals surface area (Å²) in [6, 6.07) is 5.98.